The third-order valence-corrected chi connectivity index (χ3v) is 4.55. The third kappa shape index (κ3) is 3.38. The number of aromatic nitrogens is 1. The molecule has 2 aromatic carbocycles. The van der Waals surface area contributed by atoms with Gasteiger partial charge in [-0.3, -0.25) is 4.79 Å². The zero-order valence-corrected chi connectivity index (χ0v) is 15.6. The molecule has 3 rings (SSSR count). The van der Waals surface area contributed by atoms with E-state index in [0.717, 1.165) is 33.7 Å². The second-order valence-electron chi connectivity index (χ2n) is 6.65. The molecule has 0 aliphatic heterocycles. The predicted molar refractivity (Wildman–Crippen MR) is 104 cm³/mol. The molecule has 0 spiro atoms. The van der Waals surface area contributed by atoms with Gasteiger partial charge in [-0.15, -0.1) is 0 Å². The van der Waals surface area contributed by atoms with Crippen molar-refractivity contribution in [3.8, 4) is 11.5 Å². The van der Waals surface area contributed by atoms with E-state index in [1.54, 1.807) is 7.11 Å². The highest BCUT2D eigenvalue weighted by Gasteiger charge is 2.32. The average Bonchev–Trinajstić information content (AvgIpc) is 3.07. The van der Waals surface area contributed by atoms with Gasteiger partial charge in [-0.1, -0.05) is 0 Å². The molecule has 1 aromatic heterocycles. The second-order valence-corrected chi connectivity index (χ2v) is 6.65. The van der Waals surface area contributed by atoms with Gasteiger partial charge in [-0.25, -0.2) is 0 Å². The number of H-pyrrole nitrogens is 1. The molecule has 5 heteroatoms. The Hall–Kier alpha value is -2.95. The molecule has 0 unspecified atom stereocenters. The number of anilines is 1. The molecule has 0 atom stereocenters. The van der Waals surface area contributed by atoms with Gasteiger partial charge in [0.15, 0.2) is 0 Å². The van der Waals surface area contributed by atoms with Crippen molar-refractivity contribution in [3.63, 3.8) is 0 Å². The number of aromatic amines is 1. The van der Waals surface area contributed by atoms with Crippen LogP contribution in [0.4, 0.5) is 5.69 Å². The molecule has 2 N–H and O–H groups in total. The van der Waals surface area contributed by atoms with Gasteiger partial charge >= 0.3 is 0 Å². The highest BCUT2D eigenvalue weighted by Crippen LogP contribution is 2.33. The minimum atomic E-state index is -0.719. The van der Waals surface area contributed by atoms with E-state index < -0.39 is 5.41 Å². The van der Waals surface area contributed by atoms with Gasteiger partial charge in [0, 0.05) is 22.8 Å². The van der Waals surface area contributed by atoms with Crippen LogP contribution in [-0.4, -0.2) is 24.6 Å². The number of hydrogen-bond donors (Lipinski definition) is 2. The largest absolute Gasteiger partial charge is 0.497 e. The maximum absolute atomic E-state index is 13.0. The van der Waals surface area contributed by atoms with E-state index in [4.69, 9.17) is 9.47 Å². The Kier molecular flexibility index (Phi) is 4.89. The van der Waals surface area contributed by atoms with E-state index in [2.05, 4.69) is 10.3 Å². The highest BCUT2D eigenvalue weighted by molar-refractivity contribution is 6.02. The van der Waals surface area contributed by atoms with Crippen molar-refractivity contribution in [2.75, 3.05) is 19.0 Å². The van der Waals surface area contributed by atoms with E-state index in [0.29, 0.717) is 6.61 Å². The number of carbonyl (C=O) groups is 1. The summed E-state index contributed by atoms with van der Waals surface area (Å²) < 4.78 is 10.8. The Balaban J connectivity index is 1.86. The van der Waals surface area contributed by atoms with Gasteiger partial charge in [0.1, 0.15) is 11.5 Å². The maximum Gasteiger partial charge on any atom is 0.234 e. The van der Waals surface area contributed by atoms with Crippen molar-refractivity contribution in [2.24, 2.45) is 0 Å². The molecule has 3 aromatic rings. The highest BCUT2D eigenvalue weighted by atomic mass is 16.5. The fraction of sp³-hybridized carbons (Fsp3) is 0.286. The molecule has 0 aliphatic carbocycles. The van der Waals surface area contributed by atoms with Gasteiger partial charge in [-0.2, -0.15) is 0 Å². The molecule has 0 fully saturated rings. The van der Waals surface area contributed by atoms with Crippen LogP contribution in [0, 0.1) is 0 Å². The van der Waals surface area contributed by atoms with Gasteiger partial charge in [0.25, 0.3) is 0 Å². The summed E-state index contributed by atoms with van der Waals surface area (Å²) in [6.07, 6.45) is 1.89. The smallest absolute Gasteiger partial charge is 0.234 e. The van der Waals surface area contributed by atoms with Gasteiger partial charge in [0.05, 0.1) is 19.1 Å². The van der Waals surface area contributed by atoms with Crippen LogP contribution in [0.1, 0.15) is 26.3 Å². The fourth-order valence-electron chi connectivity index (χ4n) is 2.95. The van der Waals surface area contributed by atoms with Crippen LogP contribution in [0.2, 0.25) is 0 Å². The molecule has 0 bridgehead atoms. The van der Waals surface area contributed by atoms with Gasteiger partial charge in [0.2, 0.25) is 5.91 Å². The third-order valence-electron chi connectivity index (χ3n) is 4.55. The molecule has 136 valence electrons. The summed E-state index contributed by atoms with van der Waals surface area (Å²) in [4.78, 5) is 16.2. The number of methoxy groups -OCH3 is 1. The Bertz CT molecular complexity index is 911. The maximum atomic E-state index is 13.0. The van der Waals surface area contributed by atoms with Crippen LogP contribution in [0.5, 0.6) is 11.5 Å². The molecule has 0 saturated carbocycles. The molecule has 26 heavy (non-hydrogen) atoms. The summed E-state index contributed by atoms with van der Waals surface area (Å²) in [6, 6.07) is 13.2. The molecule has 0 aliphatic rings. The van der Waals surface area contributed by atoms with Crippen LogP contribution in [-0.2, 0) is 10.2 Å². The monoisotopic (exact) mass is 352 g/mol. The second kappa shape index (κ2) is 7.12. The molecule has 1 amide bonds. The molecule has 0 radical (unpaired) electrons. The van der Waals surface area contributed by atoms with Crippen LogP contribution in [0.15, 0.2) is 48.7 Å². The van der Waals surface area contributed by atoms with Crippen LogP contribution >= 0.6 is 0 Å². The Labute approximate surface area is 153 Å². The Morgan fingerprint density at radius 2 is 1.81 bits per heavy atom. The van der Waals surface area contributed by atoms with Crippen molar-refractivity contribution >= 4 is 22.5 Å². The zero-order valence-electron chi connectivity index (χ0n) is 15.6. The minimum Gasteiger partial charge on any atom is -0.497 e. The lowest BCUT2D eigenvalue weighted by Crippen LogP contribution is -2.34. The van der Waals surface area contributed by atoms with Crippen molar-refractivity contribution in [1.29, 1.82) is 0 Å². The minimum absolute atomic E-state index is 0.0784. The topological polar surface area (TPSA) is 63.3 Å². The SMILES string of the molecule is CCOc1ccc(NC(=O)C(C)(C)c2c[nH]c3ccc(OC)cc23)cc1. The van der Waals surface area contributed by atoms with E-state index in [1.165, 1.54) is 0 Å². The van der Waals surface area contributed by atoms with Crippen LogP contribution < -0.4 is 14.8 Å². The predicted octanol–water partition coefficient (Wildman–Crippen LogP) is 4.49. The standard InChI is InChI=1S/C21H24N2O3/c1-5-26-15-8-6-14(7-9-15)23-20(24)21(2,3)18-13-22-19-11-10-16(25-4)12-17(18)19/h6-13,22H,5H2,1-4H3,(H,23,24). The zero-order chi connectivity index (χ0) is 18.7. The molecular weight excluding hydrogens is 328 g/mol. The number of fused-ring (bicyclic) bond motifs is 1. The van der Waals surface area contributed by atoms with E-state index in [9.17, 15) is 4.79 Å². The van der Waals surface area contributed by atoms with E-state index >= 15 is 0 Å². The van der Waals surface area contributed by atoms with Crippen molar-refractivity contribution in [1.82, 2.24) is 4.98 Å². The fourth-order valence-corrected chi connectivity index (χ4v) is 2.95. The van der Waals surface area contributed by atoms with Gasteiger partial charge < -0.3 is 19.8 Å². The molecule has 0 saturated heterocycles. The lowest BCUT2D eigenvalue weighted by Gasteiger charge is -2.23. The number of rotatable bonds is 6. The molecular formula is C21H24N2O3. The number of carbonyl (C=O) groups excluding carboxylic acids is 1. The van der Waals surface area contributed by atoms with Crippen molar-refractivity contribution in [3.05, 3.63) is 54.2 Å². The van der Waals surface area contributed by atoms with E-state index in [-0.39, 0.29) is 5.91 Å². The number of ether oxygens (including phenoxy) is 2. The number of amides is 1. The first-order valence-corrected chi connectivity index (χ1v) is 8.65. The van der Waals surface area contributed by atoms with Gasteiger partial charge in [-0.05, 0) is 68.8 Å². The summed E-state index contributed by atoms with van der Waals surface area (Å²) in [5.74, 6) is 1.47. The number of nitrogens with one attached hydrogen (secondary N) is 2. The Morgan fingerprint density at radius 3 is 2.46 bits per heavy atom. The number of hydrogen-bond acceptors (Lipinski definition) is 3. The summed E-state index contributed by atoms with van der Waals surface area (Å²) in [7, 11) is 1.64. The van der Waals surface area contributed by atoms with E-state index in [1.807, 2.05) is 69.4 Å². The quantitative estimate of drug-likeness (QED) is 0.687. The van der Waals surface area contributed by atoms with Crippen molar-refractivity contribution in [2.45, 2.75) is 26.2 Å². The first-order valence-electron chi connectivity index (χ1n) is 8.65. The summed E-state index contributed by atoms with van der Waals surface area (Å²) in [5, 5.41) is 3.98. The number of benzene rings is 2. The molecule has 5 nitrogen and oxygen atoms in total. The first-order chi connectivity index (χ1) is 12.5. The van der Waals surface area contributed by atoms with Crippen LogP contribution in [0.3, 0.4) is 0 Å². The van der Waals surface area contributed by atoms with Crippen LogP contribution in [0.25, 0.3) is 10.9 Å². The summed E-state index contributed by atoms with van der Waals surface area (Å²) >= 11 is 0. The Morgan fingerprint density at radius 1 is 1.12 bits per heavy atom. The normalized spacial score (nSPS) is 11.4. The summed E-state index contributed by atoms with van der Waals surface area (Å²) in [6.45, 7) is 6.38. The lowest BCUT2D eigenvalue weighted by atomic mass is 9.83. The molecule has 1 heterocycles. The average molecular weight is 352 g/mol. The first kappa shape index (κ1) is 17.9. The van der Waals surface area contributed by atoms with Crippen molar-refractivity contribution < 1.29 is 14.3 Å². The summed E-state index contributed by atoms with van der Waals surface area (Å²) in [5.41, 5.74) is 1.92. The lowest BCUT2D eigenvalue weighted by molar-refractivity contribution is -0.120.